The van der Waals surface area contributed by atoms with Crippen molar-refractivity contribution in [2.75, 3.05) is 20.3 Å². The average molecular weight is 210 g/mol. The number of carbonyl (C=O) groups is 1. The molecule has 0 fully saturated rings. The van der Waals surface area contributed by atoms with E-state index in [0.29, 0.717) is 30.8 Å². The summed E-state index contributed by atoms with van der Waals surface area (Å²) in [5, 5.41) is 9.26. The molecule has 15 heavy (non-hydrogen) atoms. The van der Waals surface area contributed by atoms with Crippen LogP contribution < -0.4 is 4.74 Å². The van der Waals surface area contributed by atoms with E-state index in [1.165, 1.54) is 12.1 Å². The van der Waals surface area contributed by atoms with Gasteiger partial charge in [0, 0.05) is 31.8 Å². The molecule has 82 valence electrons. The van der Waals surface area contributed by atoms with Gasteiger partial charge in [-0.1, -0.05) is 0 Å². The number of phenolic OH excluding ortho intramolecular Hbond substituents is 1. The van der Waals surface area contributed by atoms with Crippen LogP contribution in [0.3, 0.4) is 0 Å². The third-order valence-corrected chi connectivity index (χ3v) is 1.81. The molecule has 4 heteroatoms. The van der Waals surface area contributed by atoms with Gasteiger partial charge in [0.05, 0.1) is 6.61 Å². The number of aldehydes is 1. The van der Waals surface area contributed by atoms with Gasteiger partial charge >= 0.3 is 0 Å². The maximum atomic E-state index is 10.5. The minimum atomic E-state index is 0.0290. The molecule has 0 amide bonds. The van der Waals surface area contributed by atoms with Crippen molar-refractivity contribution in [2.24, 2.45) is 0 Å². The first-order valence-electron chi connectivity index (χ1n) is 4.67. The van der Waals surface area contributed by atoms with Crippen molar-refractivity contribution in [2.45, 2.75) is 6.42 Å². The third kappa shape index (κ3) is 3.99. The summed E-state index contributed by atoms with van der Waals surface area (Å²) in [6, 6.07) is 4.44. The monoisotopic (exact) mass is 210 g/mol. The van der Waals surface area contributed by atoms with Crippen molar-refractivity contribution in [1.29, 1.82) is 0 Å². The van der Waals surface area contributed by atoms with Crippen LogP contribution in [0, 0.1) is 0 Å². The van der Waals surface area contributed by atoms with Crippen molar-refractivity contribution in [3.8, 4) is 11.5 Å². The lowest BCUT2D eigenvalue weighted by Crippen LogP contribution is -2.01. The maximum absolute atomic E-state index is 10.5. The Morgan fingerprint density at radius 3 is 2.80 bits per heavy atom. The van der Waals surface area contributed by atoms with Crippen molar-refractivity contribution in [1.82, 2.24) is 0 Å². The van der Waals surface area contributed by atoms with E-state index >= 15 is 0 Å². The number of hydrogen-bond acceptors (Lipinski definition) is 4. The molecule has 1 rings (SSSR count). The van der Waals surface area contributed by atoms with Crippen molar-refractivity contribution in [3.05, 3.63) is 23.8 Å². The maximum Gasteiger partial charge on any atom is 0.150 e. The number of rotatable bonds is 6. The van der Waals surface area contributed by atoms with E-state index in [4.69, 9.17) is 9.47 Å². The van der Waals surface area contributed by atoms with Gasteiger partial charge in [0.25, 0.3) is 0 Å². The minimum Gasteiger partial charge on any atom is -0.508 e. The van der Waals surface area contributed by atoms with Crippen LogP contribution in [0.4, 0.5) is 0 Å². The highest BCUT2D eigenvalue weighted by Gasteiger charge is 2.00. The molecule has 0 aliphatic heterocycles. The molecule has 0 radical (unpaired) electrons. The highest BCUT2D eigenvalue weighted by atomic mass is 16.5. The zero-order valence-electron chi connectivity index (χ0n) is 8.60. The van der Waals surface area contributed by atoms with Crippen molar-refractivity contribution in [3.63, 3.8) is 0 Å². The third-order valence-electron chi connectivity index (χ3n) is 1.81. The largest absolute Gasteiger partial charge is 0.508 e. The lowest BCUT2D eigenvalue weighted by molar-refractivity contribution is 0.112. The second-order valence-electron chi connectivity index (χ2n) is 3.07. The number of carbonyl (C=O) groups excluding carboxylic acids is 1. The first kappa shape index (κ1) is 11.5. The first-order chi connectivity index (χ1) is 7.26. The summed E-state index contributed by atoms with van der Waals surface area (Å²) >= 11 is 0. The molecule has 1 aromatic carbocycles. The second kappa shape index (κ2) is 6.03. The highest BCUT2D eigenvalue weighted by molar-refractivity contribution is 5.76. The molecule has 0 saturated carbocycles. The fraction of sp³-hybridized carbons (Fsp3) is 0.364. The lowest BCUT2D eigenvalue weighted by Gasteiger charge is -2.06. The fourth-order valence-electron chi connectivity index (χ4n) is 1.15. The molecule has 0 spiro atoms. The Morgan fingerprint density at radius 1 is 1.33 bits per heavy atom. The summed E-state index contributed by atoms with van der Waals surface area (Å²) in [7, 11) is 1.62. The number of phenols is 1. The van der Waals surface area contributed by atoms with Crippen LogP contribution in [0.5, 0.6) is 11.5 Å². The zero-order chi connectivity index (χ0) is 11.1. The number of hydrogen-bond donors (Lipinski definition) is 1. The van der Waals surface area contributed by atoms with Gasteiger partial charge in [-0.05, 0) is 12.1 Å². The van der Waals surface area contributed by atoms with Crippen molar-refractivity contribution < 1.29 is 19.4 Å². The Bertz CT molecular complexity index is 322. The van der Waals surface area contributed by atoms with Crippen LogP contribution in [0.2, 0.25) is 0 Å². The molecular formula is C11H14O4. The van der Waals surface area contributed by atoms with Crippen LogP contribution in [0.1, 0.15) is 16.8 Å². The summed E-state index contributed by atoms with van der Waals surface area (Å²) in [6.07, 6.45) is 1.43. The Kier molecular flexibility index (Phi) is 4.63. The number of ether oxygens (including phenoxy) is 2. The van der Waals surface area contributed by atoms with Crippen LogP contribution in [-0.4, -0.2) is 31.7 Å². The van der Waals surface area contributed by atoms with Gasteiger partial charge in [-0.15, -0.1) is 0 Å². The number of methoxy groups -OCH3 is 1. The van der Waals surface area contributed by atoms with Gasteiger partial charge in [-0.2, -0.15) is 0 Å². The second-order valence-corrected chi connectivity index (χ2v) is 3.07. The molecule has 0 bridgehead atoms. The Hall–Kier alpha value is -1.55. The summed E-state index contributed by atoms with van der Waals surface area (Å²) in [4.78, 5) is 10.5. The Labute approximate surface area is 88.4 Å². The molecule has 0 unspecified atom stereocenters. The van der Waals surface area contributed by atoms with E-state index in [9.17, 15) is 9.90 Å². The average Bonchev–Trinajstić information content (AvgIpc) is 2.23. The topological polar surface area (TPSA) is 55.8 Å². The molecule has 4 nitrogen and oxygen atoms in total. The smallest absolute Gasteiger partial charge is 0.150 e. The molecule has 1 N–H and O–H groups in total. The lowest BCUT2D eigenvalue weighted by atomic mass is 10.2. The zero-order valence-corrected chi connectivity index (χ0v) is 8.60. The summed E-state index contributed by atoms with van der Waals surface area (Å²) < 4.78 is 10.2. The normalized spacial score (nSPS) is 9.93. The highest BCUT2D eigenvalue weighted by Crippen LogP contribution is 2.20. The molecular weight excluding hydrogens is 196 g/mol. The fourth-order valence-corrected chi connectivity index (χ4v) is 1.15. The van der Waals surface area contributed by atoms with Gasteiger partial charge in [0.1, 0.15) is 17.8 Å². The summed E-state index contributed by atoms with van der Waals surface area (Å²) in [5.41, 5.74) is 0.400. The quantitative estimate of drug-likeness (QED) is 0.572. The first-order valence-corrected chi connectivity index (χ1v) is 4.67. The van der Waals surface area contributed by atoms with Crippen LogP contribution in [0.15, 0.2) is 18.2 Å². The van der Waals surface area contributed by atoms with Gasteiger partial charge in [-0.25, -0.2) is 0 Å². The predicted octanol–water partition coefficient (Wildman–Crippen LogP) is 1.62. The molecule has 0 aliphatic rings. The van der Waals surface area contributed by atoms with E-state index in [-0.39, 0.29) is 5.75 Å². The molecule has 0 atom stereocenters. The van der Waals surface area contributed by atoms with Gasteiger partial charge < -0.3 is 14.6 Å². The van der Waals surface area contributed by atoms with Crippen LogP contribution in [0.25, 0.3) is 0 Å². The Morgan fingerprint density at radius 2 is 2.13 bits per heavy atom. The van der Waals surface area contributed by atoms with Gasteiger partial charge in [-0.3, -0.25) is 4.79 Å². The van der Waals surface area contributed by atoms with E-state index in [1.54, 1.807) is 13.2 Å². The Balaban J connectivity index is 2.53. The standard InChI is InChI=1S/C11H14O4/c1-14-3-2-4-15-11-6-9(8-12)5-10(13)7-11/h5-8,13H,2-4H2,1H3. The van der Waals surface area contributed by atoms with E-state index in [0.717, 1.165) is 6.42 Å². The molecule has 0 aliphatic carbocycles. The SMILES string of the molecule is COCCCOc1cc(O)cc(C=O)c1. The van der Waals surface area contributed by atoms with E-state index in [2.05, 4.69) is 0 Å². The molecule has 0 aromatic heterocycles. The molecule has 0 heterocycles. The van der Waals surface area contributed by atoms with Crippen LogP contribution >= 0.6 is 0 Å². The number of aromatic hydroxyl groups is 1. The molecule has 0 saturated heterocycles. The molecule has 1 aromatic rings. The van der Waals surface area contributed by atoms with E-state index < -0.39 is 0 Å². The predicted molar refractivity (Wildman–Crippen MR) is 55.5 cm³/mol. The minimum absolute atomic E-state index is 0.0290. The summed E-state index contributed by atoms with van der Waals surface area (Å²) in [6.45, 7) is 1.12. The van der Waals surface area contributed by atoms with Gasteiger partial charge in [0.15, 0.2) is 0 Å². The number of benzene rings is 1. The van der Waals surface area contributed by atoms with Crippen LogP contribution in [-0.2, 0) is 4.74 Å². The summed E-state index contributed by atoms with van der Waals surface area (Å²) in [5.74, 6) is 0.523. The van der Waals surface area contributed by atoms with Gasteiger partial charge in [0.2, 0.25) is 0 Å². The van der Waals surface area contributed by atoms with Crippen molar-refractivity contribution >= 4 is 6.29 Å². The van der Waals surface area contributed by atoms with E-state index in [1.807, 2.05) is 0 Å².